The van der Waals surface area contributed by atoms with E-state index in [-0.39, 0.29) is 17.7 Å². The molecule has 9 nitrogen and oxygen atoms in total. The number of carbonyl (C=O) groups excluding carboxylic acids is 2. The second-order valence-corrected chi connectivity index (χ2v) is 9.22. The molecule has 3 aromatic rings. The molecule has 7 N–H and O–H groups in total. The lowest BCUT2D eigenvalue weighted by atomic mass is 9.93. The molecular weight excluding hydrogens is 456 g/mol. The molecule has 36 heavy (non-hydrogen) atoms. The third-order valence-electron chi connectivity index (χ3n) is 6.90. The van der Waals surface area contributed by atoms with Crippen molar-refractivity contribution in [3.63, 3.8) is 0 Å². The number of esters is 1. The highest BCUT2D eigenvalue weighted by Gasteiger charge is 2.29. The van der Waals surface area contributed by atoms with Crippen molar-refractivity contribution in [2.45, 2.75) is 32.7 Å². The van der Waals surface area contributed by atoms with Crippen LogP contribution in [0.25, 0.3) is 10.9 Å². The molecule has 0 unspecified atom stereocenters. The molecule has 1 aromatic heterocycles. The van der Waals surface area contributed by atoms with Gasteiger partial charge in [-0.05, 0) is 68.5 Å². The van der Waals surface area contributed by atoms with Gasteiger partial charge < -0.3 is 31.4 Å². The molecule has 0 saturated carbocycles. The van der Waals surface area contributed by atoms with E-state index in [1.807, 2.05) is 27.7 Å². The molecule has 1 fully saturated rings. The number of likely N-dealkylation sites (tertiary alicyclic amines) is 1. The molecule has 9 heteroatoms. The van der Waals surface area contributed by atoms with Crippen LogP contribution >= 0.6 is 0 Å². The molecular formula is C27H34N6O3. The Kier molecular flexibility index (Phi) is 7.59. The van der Waals surface area contributed by atoms with E-state index in [2.05, 4.69) is 0 Å². The van der Waals surface area contributed by atoms with Crippen molar-refractivity contribution >= 4 is 34.3 Å². The molecule has 4 rings (SSSR count). The van der Waals surface area contributed by atoms with Crippen LogP contribution in [0.5, 0.6) is 0 Å². The molecule has 0 aliphatic carbocycles. The highest BCUT2D eigenvalue weighted by molar-refractivity contribution is 6.09. The van der Waals surface area contributed by atoms with Crippen LogP contribution in [0.2, 0.25) is 0 Å². The summed E-state index contributed by atoms with van der Waals surface area (Å²) in [6, 6.07) is 12.5. The van der Waals surface area contributed by atoms with E-state index in [1.54, 1.807) is 31.2 Å². The van der Waals surface area contributed by atoms with Gasteiger partial charge in [0.1, 0.15) is 11.5 Å². The number of rotatable bonds is 8. The van der Waals surface area contributed by atoms with Crippen molar-refractivity contribution < 1.29 is 14.3 Å². The summed E-state index contributed by atoms with van der Waals surface area (Å²) in [6.45, 7) is 4.43. The Bertz CT molecular complexity index is 1270. The number of ether oxygens (including phenoxy) is 1. The molecule has 0 atom stereocenters. The number of benzene rings is 2. The topological polar surface area (TPSA) is 153 Å². The number of amidine groups is 1. The summed E-state index contributed by atoms with van der Waals surface area (Å²) in [5.74, 6) is -0.00251. The molecule has 0 bridgehead atoms. The average Bonchev–Trinajstić information content (AvgIpc) is 3.15. The van der Waals surface area contributed by atoms with Crippen molar-refractivity contribution in [1.82, 2.24) is 9.47 Å². The Morgan fingerprint density at radius 3 is 2.36 bits per heavy atom. The molecule has 1 amide bonds. The normalized spacial score (nSPS) is 14.2. The SMILES string of the molecule is CCOC(=O)c1ccc(Cn2c(C(=O)N3CCC(CCN)CC3)c(N)c3ccc(C(=N)N)cc32)cc1. The first-order valence-electron chi connectivity index (χ1n) is 12.4. The second kappa shape index (κ2) is 10.8. The monoisotopic (exact) mass is 490 g/mol. The van der Waals surface area contributed by atoms with Gasteiger partial charge in [-0.1, -0.05) is 18.2 Å². The summed E-state index contributed by atoms with van der Waals surface area (Å²) >= 11 is 0. The zero-order valence-corrected chi connectivity index (χ0v) is 20.6. The van der Waals surface area contributed by atoms with E-state index in [4.69, 9.17) is 27.3 Å². The van der Waals surface area contributed by atoms with Gasteiger partial charge in [0.05, 0.1) is 23.4 Å². The molecule has 2 aromatic carbocycles. The number of nitrogen functional groups attached to an aromatic ring is 2. The van der Waals surface area contributed by atoms with Gasteiger partial charge in [-0.3, -0.25) is 10.2 Å². The van der Waals surface area contributed by atoms with Crippen LogP contribution in [0.3, 0.4) is 0 Å². The highest BCUT2D eigenvalue weighted by atomic mass is 16.5. The number of amides is 1. The van der Waals surface area contributed by atoms with Crippen molar-refractivity contribution in [2.75, 3.05) is 32.0 Å². The average molecular weight is 491 g/mol. The van der Waals surface area contributed by atoms with E-state index >= 15 is 0 Å². The lowest BCUT2D eigenvalue weighted by Gasteiger charge is -2.32. The smallest absolute Gasteiger partial charge is 0.338 e. The number of hydrogen-bond donors (Lipinski definition) is 4. The van der Waals surface area contributed by atoms with Gasteiger partial charge in [-0.2, -0.15) is 0 Å². The van der Waals surface area contributed by atoms with Crippen LogP contribution in [-0.2, 0) is 11.3 Å². The van der Waals surface area contributed by atoms with Crippen LogP contribution in [0.15, 0.2) is 42.5 Å². The van der Waals surface area contributed by atoms with Gasteiger partial charge in [0.15, 0.2) is 0 Å². The maximum Gasteiger partial charge on any atom is 0.338 e. The van der Waals surface area contributed by atoms with E-state index in [9.17, 15) is 9.59 Å². The number of anilines is 1. The minimum atomic E-state index is -0.375. The van der Waals surface area contributed by atoms with Gasteiger partial charge in [0.2, 0.25) is 0 Å². The summed E-state index contributed by atoms with van der Waals surface area (Å²) < 4.78 is 6.97. The molecule has 1 aliphatic rings. The first-order valence-corrected chi connectivity index (χ1v) is 12.4. The van der Waals surface area contributed by atoms with E-state index in [1.165, 1.54) is 0 Å². The van der Waals surface area contributed by atoms with Crippen LogP contribution in [-0.4, -0.2) is 53.4 Å². The summed E-state index contributed by atoms with van der Waals surface area (Å²) in [5, 5.41) is 8.61. The lowest BCUT2D eigenvalue weighted by Crippen LogP contribution is -2.40. The quantitative estimate of drug-likeness (QED) is 0.216. The molecule has 0 spiro atoms. The van der Waals surface area contributed by atoms with Crippen molar-refractivity contribution in [3.8, 4) is 0 Å². The number of aromatic nitrogens is 1. The maximum atomic E-state index is 13.8. The number of nitrogens with zero attached hydrogens (tertiary/aromatic N) is 2. The summed E-state index contributed by atoms with van der Waals surface area (Å²) in [5.41, 5.74) is 21.5. The Morgan fingerprint density at radius 2 is 1.75 bits per heavy atom. The third kappa shape index (κ3) is 5.06. The van der Waals surface area contributed by atoms with Gasteiger partial charge in [-0.15, -0.1) is 0 Å². The minimum Gasteiger partial charge on any atom is -0.462 e. The van der Waals surface area contributed by atoms with E-state index in [0.717, 1.165) is 35.7 Å². The fraction of sp³-hybridized carbons (Fsp3) is 0.370. The Balaban J connectivity index is 1.72. The Hall–Kier alpha value is -3.85. The largest absolute Gasteiger partial charge is 0.462 e. The van der Waals surface area contributed by atoms with Crippen LogP contribution in [0, 0.1) is 11.3 Å². The molecule has 2 heterocycles. The van der Waals surface area contributed by atoms with Crippen molar-refractivity contribution in [2.24, 2.45) is 17.4 Å². The second-order valence-electron chi connectivity index (χ2n) is 9.22. The third-order valence-corrected chi connectivity index (χ3v) is 6.90. The molecule has 1 saturated heterocycles. The number of piperidine rings is 1. The van der Waals surface area contributed by atoms with Crippen molar-refractivity contribution in [3.05, 3.63) is 64.8 Å². The summed E-state index contributed by atoms with van der Waals surface area (Å²) in [7, 11) is 0. The lowest BCUT2D eigenvalue weighted by molar-refractivity contribution is 0.0526. The first kappa shape index (κ1) is 25.2. The minimum absolute atomic E-state index is 0.0585. The predicted octanol–water partition coefficient (Wildman–Crippen LogP) is 2.93. The van der Waals surface area contributed by atoms with Crippen LogP contribution < -0.4 is 17.2 Å². The van der Waals surface area contributed by atoms with Gasteiger partial charge in [0, 0.05) is 30.6 Å². The maximum absolute atomic E-state index is 13.8. The van der Waals surface area contributed by atoms with Crippen LogP contribution in [0.1, 0.15) is 58.2 Å². The van der Waals surface area contributed by atoms with Gasteiger partial charge in [-0.25, -0.2) is 4.79 Å². The first-order chi connectivity index (χ1) is 17.3. The fourth-order valence-corrected chi connectivity index (χ4v) is 4.89. The number of carbonyl (C=O) groups is 2. The molecule has 190 valence electrons. The van der Waals surface area contributed by atoms with Gasteiger partial charge >= 0.3 is 5.97 Å². The summed E-state index contributed by atoms with van der Waals surface area (Å²) in [4.78, 5) is 27.7. The summed E-state index contributed by atoms with van der Waals surface area (Å²) in [6.07, 6.45) is 2.82. The van der Waals surface area contributed by atoms with Crippen molar-refractivity contribution in [1.29, 1.82) is 5.41 Å². The molecule has 0 radical (unpaired) electrons. The number of nitrogens with one attached hydrogen (secondary N) is 1. The Labute approximate surface area is 210 Å². The zero-order valence-electron chi connectivity index (χ0n) is 20.6. The fourth-order valence-electron chi connectivity index (χ4n) is 4.89. The highest BCUT2D eigenvalue weighted by Crippen LogP contribution is 2.32. The standard InChI is InChI=1S/C27H34N6O3/c1-2-36-27(35)19-5-3-18(4-6-19)16-33-22-15-20(25(30)31)7-8-21(22)23(29)24(33)26(34)32-13-10-17(9-12-28)11-14-32/h3-8,15,17H,2,9-14,16,28-29H2,1H3,(H3,30,31). The Morgan fingerprint density at radius 1 is 1.08 bits per heavy atom. The number of hydrogen-bond acceptors (Lipinski definition) is 6. The van der Waals surface area contributed by atoms with E-state index in [0.29, 0.717) is 61.2 Å². The van der Waals surface area contributed by atoms with Gasteiger partial charge in [0.25, 0.3) is 5.91 Å². The predicted molar refractivity (Wildman–Crippen MR) is 141 cm³/mol. The number of nitrogens with two attached hydrogens (primary N) is 3. The van der Waals surface area contributed by atoms with E-state index < -0.39 is 0 Å². The zero-order chi connectivity index (χ0) is 25.8. The number of fused-ring (bicyclic) bond motifs is 1. The van der Waals surface area contributed by atoms with Crippen LogP contribution in [0.4, 0.5) is 5.69 Å². The molecule has 1 aliphatic heterocycles.